The van der Waals surface area contributed by atoms with Gasteiger partial charge in [-0.3, -0.25) is 0 Å². The van der Waals surface area contributed by atoms with Crippen LogP contribution in [-0.2, 0) is 15.3 Å². The van der Waals surface area contributed by atoms with Crippen molar-refractivity contribution >= 4 is 11.6 Å². The summed E-state index contributed by atoms with van der Waals surface area (Å²) in [4.78, 5) is 0. The highest BCUT2D eigenvalue weighted by Gasteiger charge is 2.71. The fourth-order valence-corrected chi connectivity index (χ4v) is 3.27. The van der Waals surface area contributed by atoms with Crippen LogP contribution in [0.2, 0.25) is 5.02 Å². The molecule has 3 rings (SSSR count). The summed E-state index contributed by atoms with van der Waals surface area (Å²) in [6, 6.07) is 7.82. The Hall–Kier alpha value is -0.570. The number of epoxide rings is 1. The first-order chi connectivity index (χ1) is 8.22. The van der Waals surface area contributed by atoms with Crippen molar-refractivity contribution in [2.24, 2.45) is 0 Å². The molecule has 1 spiro atoms. The van der Waals surface area contributed by atoms with Crippen LogP contribution in [-0.4, -0.2) is 12.7 Å². The number of methoxy groups -OCH3 is 1. The van der Waals surface area contributed by atoms with Gasteiger partial charge in [-0.25, -0.2) is 0 Å². The lowest BCUT2D eigenvalue weighted by molar-refractivity contribution is -0.0153. The van der Waals surface area contributed by atoms with E-state index < -0.39 is 5.79 Å². The summed E-state index contributed by atoms with van der Waals surface area (Å²) < 4.78 is 11.7. The van der Waals surface area contributed by atoms with Crippen molar-refractivity contribution in [2.45, 2.75) is 43.5 Å². The van der Waals surface area contributed by atoms with Gasteiger partial charge in [0, 0.05) is 17.7 Å². The Bertz CT molecular complexity index is 409. The molecule has 17 heavy (non-hydrogen) atoms. The molecule has 0 bridgehead atoms. The lowest BCUT2D eigenvalue weighted by Crippen LogP contribution is -2.28. The Labute approximate surface area is 107 Å². The fraction of sp³-hybridized carbons (Fsp3) is 0.571. The number of hydrogen-bond donors (Lipinski definition) is 0. The number of ether oxygens (including phenoxy) is 2. The number of benzene rings is 1. The van der Waals surface area contributed by atoms with Crippen LogP contribution in [0.1, 0.15) is 37.7 Å². The molecule has 1 aromatic carbocycles. The quantitative estimate of drug-likeness (QED) is 0.746. The standard InChI is InChI=1S/C14H17ClO2/c1-16-14(11-5-7-12(15)8-6-11)13(17-14)9-3-2-4-10-13/h5-8H,2-4,9-10H2,1H3. The predicted molar refractivity (Wildman–Crippen MR) is 67.0 cm³/mol. The van der Waals surface area contributed by atoms with E-state index in [2.05, 4.69) is 0 Å². The first-order valence-electron chi connectivity index (χ1n) is 6.24. The summed E-state index contributed by atoms with van der Waals surface area (Å²) in [5.41, 5.74) is 1.01. The third-order valence-corrected chi connectivity index (χ3v) is 4.32. The van der Waals surface area contributed by atoms with Crippen LogP contribution in [0.15, 0.2) is 24.3 Å². The van der Waals surface area contributed by atoms with Gasteiger partial charge in [-0.15, -0.1) is 0 Å². The smallest absolute Gasteiger partial charge is 0.225 e. The van der Waals surface area contributed by atoms with Crippen LogP contribution in [0, 0.1) is 0 Å². The Balaban J connectivity index is 1.92. The lowest BCUT2D eigenvalue weighted by Gasteiger charge is -2.22. The monoisotopic (exact) mass is 252 g/mol. The van der Waals surface area contributed by atoms with Gasteiger partial charge in [-0.1, -0.05) is 43.0 Å². The number of rotatable bonds is 2. The Morgan fingerprint density at radius 1 is 1.12 bits per heavy atom. The average Bonchev–Trinajstić information content (AvgIpc) is 2.99. The SMILES string of the molecule is COC1(c2ccc(Cl)cc2)OC12CCCCC2. The molecule has 1 aliphatic carbocycles. The van der Waals surface area contributed by atoms with Gasteiger partial charge in [0.15, 0.2) is 0 Å². The zero-order valence-corrected chi connectivity index (χ0v) is 10.8. The topological polar surface area (TPSA) is 21.8 Å². The van der Waals surface area contributed by atoms with E-state index in [-0.39, 0.29) is 5.60 Å². The zero-order valence-electron chi connectivity index (χ0n) is 10.0. The summed E-state index contributed by atoms with van der Waals surface area (Å²) in [6.07, 6.45) is 5.98. The summed E-state index contributed by atoms with van der Waals surface area (Å²) in [6.45, 7) is 0. The highest BCUT2D eigenvalue weighted by molar-refractivity contribution is 6.30. The van der Waals surface area contributed by atoms with E-state index in [0.717, 1.165) is 23.4 Å². The molecule has 0 N–H and O–H groups in total. The van der Waals surface area contributed by atoms with E-state index in [4.69, 9.17) is 21.1 Å². The van der Waals surface area contributed by atoms with Crippen molar-refractivity contribution in [2.75, 3.05) is 7.11 Å². The predicted octanol–water partition coefficient (Wildman–Crippen LogP) is 3.87. The Kier molecular flexibility index (Phi) is 2.69. The third kappa shape index (κ3) is 1.62. The molecule has 0 aromatic heterocycles. The minimum absolute atomic E-state index is 0.0756. The molecule has 1 unspecified atom stereocenters. The third-order valence-electron chi connectivity index (χ3n) is 4.07. The van der Waals surface area contributed by atoms with Crippen molar-refractivity contribution < 1.29 is 9.47 Å². The van der Waals surface area contributed by atoms with E-state index >= 15 is 0 Å². The molecule has 1 saturated heterocycles. The van der Waals surface area contributed by atoms with Crippen LogP contribution in [0.3, 0.4) is 0 Å². The van der Waals surface area contributed by atoms with Gasteiger partial charge in [0.25, 0.3) is 0 Å². The molecule has 1 heterocycles. The second kappa shape index (κ2) is 3.98. The minimum atomic E-state index is -0.516. The molecule has 2 nitrogen and oxygen atoms in total. The van der Waals surface area contributed by atoms with Gasteiger partial charge < -0.3 is 9.47 Å². The molecule has 1 aromatic rings. The Morgan fingerprint density at radius 2 is 1.76 bits per heavy atom. The highest BCUT2D eigenvalue weighted by atomic mass is 35.5. The van der Waals surface area contributed by atoms with E-state index in [9.17, 15) is 0 Å². The second-order valence-electron chi connectivity index (χ2n) is 4.98. The van der Waals surface area contributed by atoms with E-state index in [1.165, 1.54) is 19.3 Å². The number of halogens is 1. The highest BCUT2D eigenvalue weighted by Crippen LogP contribution is 2.62. The van der Waals surface area contributed by atoms with Crippen molar-refractivity contribution in [1.82, 2.24) is 0 Å². The van der Waals surface area contributed by atoms with Gasteiger partial charge in [-0.2, -0.15) is 0 Å². The first kappa shape index (κ1) is 11.5. The van der Waals surface area contributed by atoms with E-state index in [1.54, 1.807) is 7.11 Å². The molecule has 2 aliphatic rings. The largest absolute Gasteiger partial charge is 0.347 e. The summed E-state index contributed by atoms with van der Waals surface area (Å²) in [7, 11) is 1.73. The van der Waals surface area contributed by atoms with Crippen LogP contribution in [0.4, 0.5) is 0 Å². The molecule has 3 heteroatoms. The molecule has 1 saturated carbocycles. The normalized spacial score (nSPS) is 30.5. The van der Waals surface area contributed by atoms with Gasteiger partial charge >= 0.3 is 0 Å². The molecule has 92 valence electrons. The number of hydrogen-bond acceptors (Lipinski definition) is 2. The van der Waals surface area contributed by atoms with Gasteiger partial charge in [0.05, 0.1) is 0 Å². The van der Waals surface area contributed by atoms with E-state index in [0.29, 0.717) is 0 Å². The van der Waals surface area contributed by atoms with Crippen LogP contribution in [0.5, 0.6) is 0 Å². The minimum Gasteiger partial charge on any atom is -0.347 e. The van der Waals surface area contributed by atoms with Gasteiger partial charge in [-0.05, 0) is 25.0 Å². The molecule has 0 radical (unpaired) electrons. The summed E-state index contributed by atoms with van der Waals surface area (Å²) in [5, 5.41) is 0.748. The average molecular weight is 253 g/mol. The Morgan fingerprint density at radius 3 is 2.35 bits per heavy atom. The fourth-order valence-electron chi connectivity index (χ4n) is 3.14. The van der Waals surface area contributed by atoms with Crippen LogP contribution >= 0.6 is 11.6 Å². The second-order valence-corrected chi connectivity index (χ2v) is 5.42. The molecular weight excluding hydrogens is 236 g/mol. The maximum absolute atomic E-state index is 6.04. The molecular formula is C14H17ClO2. The van der Waals surface area contributed by atoms with Crippen LogP contribution in [0.25, 0.3) is 0 Å². The zero-order chi connectivity index (χ0) is 11.9. The first-order valence-corrected chi connectivity index (χ1v) is 6.62. The van der Waals surface area contributed by atoms with Gasteiger partial charge in [0.2, 0.25) is 5.79 Å². The summed E-state index contributed by atoms with van der Waals surface area (Å²) >= 11 is 5.92. The molecule has 2 fully saturated rings. The van der Waals surface area contributed by atoms with Gasteiger partial charge in [0.1, 0.15) is 5.60 Å². The maximum Gasteiger partial charge on any atom is 0.225 e. The molecule has 1 aliphatic heterocycles. The van der Waals surface area contributed by atoms with Crippen molar-refractivity contribution in [3.05, 3.63) is 34.9 Å². The van der Waals surface area contributed by atoms with Crippen molar-refractivity contribution in [1.29, 1.82) is 0 Å². The van der Waals surface area contributed by atoms with E-state index in [1.807, 2.05) is 24.3 Å². The summed E-state index contributed by atoms with van der Waals surface area (Å²) in [5.74, 6) is -0.516. The lowest BCUT2D eigenvalue weighted by atomic mass is 9.82. The maximum atomic E-state index is 6.04. The van der Waals surface area contributed by atoms with Crippen molar-refractivity contribution in [3.63, 3.8) is 0 Å². The van der Waals surface area contributed by atoms with Crippen molar-refractivity contribution in [3.8, 4) is 0 Å². The molecule has 1 atom stereocenters. The van der Waals surface area contributed by atoms with Crippen LogP contribution < -0.4 is 0 Å². The molecule has 0 amide bonds.